The molecule has 2 aliphatic heterocycles. The van der Waals surface area contributed by atoms with E-state index in [9.17, 15) is 24.3 Å². The molecule has 0 saturated carbocycles. The molecule has 0 radical (unpaired) electrons. The van der Waals surface area contributed by atoms with Crippen LogP contribution in [0, 0.1) is 5.92 Å². The second-order valence-corrected chi connectivity index (χ2v) is 7.60. The Hall–Kier alpha value is -3.82. The number of benzene rings is 1. The lowest BCUT2D eigenvalue weighted by Gasteiger charge is -2.19. The number of guanidine groups is 1. The molecule has 1 aromatic rings. The maximum atomic E-state index is 12.4. The smallest absolute Gasteiger partial charge is 0.326 e. The van der Waals surface area contributed by atoms with Crippen LogP contribution in [0.3, 0.4) is 0 Å². The van der Waals surface area contributed by atoms with E-state index < -0.39 is 23.8 Å². The summed E-state index contributed by atoms with van der Waals surface area (Å²) in [4.78, 5) is 55.6. The van der Waals surface area contributed by atoms with Gasteiger partial charge >= 0.3 is 5.97 Å². The van der Waals surface area contributed by atoms with Crippen molar-refractivity contribution in [1.29, 1.82) is 0 Å². The molecule has 2 amide bonds. The van der Waals surface area contributed by atoms with Gasteiger partial charge in [-0.05, 0) is 42.5 Å². The van der Waals surface area contributed by atoms with Crippen LogP contribution in [-0.4, -0.2) is 46.5 Å². The maximum absolute atomic E-state index is 12.4. The summed E-state index contributed by atoms with van der Waals surface area (Å²) in [5.74, 6) is -2.09. The summed E-state index contributed by atoms with van der Waals surface area (Å²) in [5.41, 5.74) is 7.65. The zero-order valence-corrected chi connectivity index (χ0v) is 17.6. The van der Waals surface area contributed by atoms with Crippen LogP contribution in [0.4, 0.5) is 0 Å². The number of nitrogens with one attached hydrogen (secondary N) is 2. The lowest BCUT2D eigenvalue weighted by molar-refractivity contribution is -0.139. The van der Waals surface area contributed by atoms with Crippen molar-refractivity contribution in [3.05, 3.63) is 47.2 Å². The first kappa shape index (κ1) is 22.9. The Balaban J connectivity index is 1.55. The molecule has 32 heavy (non-hydrogen) atoms. The van der Waals surface area contributed by atoms with Crippen LogP contribution in [0.1, 0.15) is 48.5 Å². The molecular formula is C22H25N5O5. The monoisotopic (exact) mass is 439 g/mol. The number of carbonyl (C=O) groups excluding carboxylic acids is 3. The van der Waals surface area contributed by atoms with Gasteiger partial charge in [0.2, 0.25) is 11.9 Å². The third-order valence-corrected chi connectivity index (χ3v) is 5.37. The average Bonchev–Trinajstić information content (AvgIpc) is 3.17. The molecule has 0 saturated heterocycles. The van der Waals surface area contributed by atoms with E-state index in [0.29, 0.717) is 30.7 Å². The number of fused-ring (bicyclic) bond motifs is 1. The fourth-order valence-corrected chi connectivity index (χ4v) is 3.49. The first-order valence-corrected chi connectivity index (χ1v) is 10.3. The van der Waals surface area contributed by atoms with Crippen molar-refractivity contribution in [2.75, 3.05) is 0 Å². The largest absolute Gasteiger partial charge is 0.480 e. The third-order valence-electron chi connectivity index (χ3n) is 5.37. The maximum Gasteiger partial charge on any atom is 0.326 e. The van der Waals surface area contributed by atoms with Gasteiger partial charge < -0.3 is 16.2 Å². The molecule has 0 aliphatic carbocycles. The third kappa shape index (κ3) is 5.45. The van der Waals surface area contributed by atoms with E-state index in [-0.39, 0.29) is 30.5 Å². The molecule has 10 heteroatoms. The van der Waals surface area contributed by atoms with E-state index in [1.807, 2.05) is 0 Å². The summed E-state index contributed by atoms with van der Waals surface area (Å²) in [7, 11) is 0. The topological polar surface area (TPSA) is 163 Å². The van der Waals surface area contributed by atoms with E-state index in [1.54, 1.807) is 37.4 Å². The van der Waals surface area contributed by atoms with Gasteiger partial charge in [-0.25, -0.2) is 9.79 Å². The van der Waals surface area contributed by atoms with Gasteiger partial charge in [0, 0.05) is 24.6 Å². The molecule has 3 rings (SSSR count). The standard InChI is InChI=1S/C22H25N5O5/c1-2-15(28)9-10-16(21(31)32)25-19(29)13-6-3-12(4-7-13)5-8-14-11-24-18-17(14)20(30)27-22(23)26-18/h3-4,6-7,11,16-17H,2,5,8-10H2,1H3,(H,25,29)(H,31,32)(H3,23,24,26,27,30)/t16-,17?/m0/s1. The number of carboxylic acid groups (broad SMARTS) is 1. The van der Waals surface area contributed by atoms with Crippen LogP contribution in [0.2, 0.25) is 0 Å². The van der Waals surface area contributed by atoms with Crippen LogP contribution in [0.15, 0.2) is 46.0 Å². The number of rotatable bonds is 10. The average molecular weight is 439 g/mol. The van der Waals surface area contributed by atoms with Gasteiger partial charge in [0.25, 0.3) is 5.91 Å². The fraction of sp³-hybridized carbons (Fsp3) is 0.364. The number of carbonyl (C=O) groups is 4. The van der Waals surface area contributed by atoms with E-state index in [4.69, 9.17) is 5.73 Å². The van der Waals surface area contributed by atoms with Crippen molar-refractivity contribution in [2.24, 2.45) is 21.6 Å². The number of nitrogens with two attached hydrogens (primary N) is 1. The van der Waals surface area contributed by atoms with Crippen molar-refractivity contribution in [1.82, 2.24) is 10.6 Å². The highest BCUT2D eigenvalue weighted by molar-refractivity contribution is 6.19. The molecule has 0 bridgehead atoms. The van der Waals surface area contributed by atoms with Gasteiger partial charge in [0.15, 0.2) is 0 Å². The van der Waals surface area contributed by atoms with Gasteiger partial charge in [0.05, 0.1) is 0 Å². The molecule has 2 aliphatic rings. The minimum atomic E-state index is -1.18. The molecule has 1 aromatic carbocycles. The Labute approximate surface area is 184 Å². The molecule has 168 valence electrons. The van der Waals surface area contributed by atoms with E-state index in [1.165, 1.54) is 0 Å². The number of Topliss-reactive ketones (excluding diaryl/α,β-unsaturated/α-hetero) is 1. The number of hydrogen-bond donors (Lipinski definition) is 4. The van der Waals surface area contributed by atoms with Crippen molar-refractivity contribution < 1.29 is 24.3 Å². The summed E-state index contributed by atoms with van der Waals surface area (Å²) in [6.07, 6.45) is 3.33. The molecule has 0 fully saturated rings. The number of amides is 2. The van der Waals surface area contributed by atoms with E-state index >= 15 is 0 Å². The highest BCUT2D eigenvalue weighted by Crippen LogP contribution is 2.27. The summed E-state index contributed by atoms with van der Waals surface area (Å²) in [6, 6.07) is 5.66. The summed E-state index contributed by atoms with van der Waals surface area (Å²) in [6.45, 7) is 1.71. The van der Waals surface area contributed by atoms with Crippen molar-refractivity contribution in [2.45, 2.75) is 45.1 Å². The quantitative estimate of drug-likeness (QED) is 0.423. The number of amidine groups is 1. The van der Waals surface area contributed by atoms with Crippen LogP contribution in [0.25, 0.3) is 0 Å². The number of aryl methyl sites for hydroxylation is 1. The number of nitrogens with zero attached hydrogens (tertiary/aromatic N) is 2. The Morgan fingerprint density at radius 2 is 1.94 bits per heavy atom. The highest BCUT2D eigenvalue weighted by atomic mass is 16.4. The number of ketones is 1. The fourth-order valence-electron chi connectivity index (χ4n) is 3.49. The lowest BCUT2D eigenvalue weighted by Crippen LogP contribution is -2.47. The molecule has 5 N–H and O–H groups in total. The van der Waals surface area contributed by atoms with Crippen LogP contribution in [-0.2, 0) is 20.8 Å². The van der Waals surface area contributed by atoms with E-state index in [0.717, 1.165) is 11.1 Å². The second-order valence-electron chi connectivity index (χ2n) is 7.60. The Bertz CT molecular complexity index is 1030. The number of hydrogen-bond acceptors (Lipinski definition) is 7. The zero-order valence-electron chi connectivity index (χ0n) is 17.6. The van der Waals surface area contributed by atoms with Gasteiger partial charge in [-0.3, -0.25) is 19.7 Å². The molecule has 1 unspecified atom stereocenters. The number of aliphatic carboxylic acids is 1. The van der Waals surface area contributed by atoms with Crippen LogP contribution < -0.4 is 16.4 Å². The van der Waals surface area contributed by atoms with Gasteiger partial charge in [-0.1, -0.05) is 19.1 Å². The predicted octanol–water partition coefficient (Wildman–Crippen LogP) is 0.918. The second kappa shape index (κ2) is 9.99. The Kier molecular flexibility index (Phi) is 7.14. The van der Waals surface area contributed by atoms with Crippen molar-refractivity contribution in [3.63, 3.8) is 0 Å². The predicted molar refractivity (Wildman–Crippen MR) is 117 cm³/mol. The number of carboxylic acids is 1. The SMILES string of the molecule is CCC(=O)CC[C@H](NC(=O)c1ccc(CCC2=CN=C3N=C(N)NC(=O)C23)cc1)C(=O)O. The highest BCUT2D eigenvalue weighted by Gasteiger charge is 2.35. The van der Waals surface area contributed by atoms with Gasteiger partial charge in [0.1, 0.15) is 23.6 Å². The molecule has 2 atom stereocenters. The first-order valence-electron chi connectivity index (χ1n) is 10.3. The van der Waals surface area contributed by atoms with Crippen molar-refractivity contribution in [3.8, 4) is 0 Å². The van der Waals surface area contributed by atoms with E-state index in [2.05, 4.69) is 20.6 Å². The summed E-state index contributed by atoms with van der Waals surface area (Å²) < 4.78 is 0. The minimum absolute atomic E-state index is 0.0376. The number of aliphatic imine (C=N–C) groups is 2. The molecule has 10 nitrogen and oxygen atoms in total. The van der Waals surface area contributed by atoms with Crippen LogP contribution >= 0.6 is 0 Å². The molecule has 0 spiro atoms. The summed E-state index contributed by atoms with van der Waals surface area (Å²) >= 11 is 0. The molecular weight excluding hydrogens is 414 g/mol. The minimum Gasteiger partial charge on any atom is -0.480 e. The molecule has 2 heterocycles. The van der Waals surface area contributed by atoms with Gasteiger partial charge in [-0.2, -0.15) is 4.99 Å². The zero-order chi connectivity index (χ0) is 23.3. The normalized spacial score (nSPS) is 18.0. The molecule has 0 aromatic heterocycles. The first-order chi connectivity index (χ1) is 15.3. The van der Waals surface area contributed by atoms with Crippen molar-refractivity contribution >= 4 is 35.4 Å². The Morgan fingerprint density at radius 1 is 1.22 bits per heavy atom. The lowest BCUT2D eigenvalue weighted by atomic mass is 9.93. The van der Waals surface area contributed by atoms with Crippen LogP contribution in [0.5, 0.6) is 0 Å². The Morgan fingerprint density at radius 3 is 2.59 bits per heavy atom. The van der Waals surface area contributed by atoms with Gasteiger partial charge in [-0.15, -0.1) is 0 Å². The summed E-state index contributed by atoms with van der Waals surface area (Å²) in [5, 5.41) is 14.3.